The van der Waals surface area contributed by atoms with Gasteiger partial charge in [-0.1, -0.05) is 6.92 Å². The van der Waals surface area contributed by atoms with Gasteiger partial charge in [0.2, 0.25) is 0 Å². The molecule has 1 aliphatic heterocycles. The fourth-order valence-electron chi connectivity index (χ4n) is 3.30. The molecule has 0 amide bonds. The van der Waals surface area contributed by atoms with Gasteiger partial charge in [0, 0.05) is 19.2 Å². The van der Waals surface area contributed by atoms with E-state index in [0.29, 0.717) is 5.92 Å². The predicted octanol–water partition coefficient (Wildman–Crippen LogP) is 2.07. The molecule has 2 aromatic rings. The summed E-state index contributed by atoms with van der Waals surface area (Å²) in [7, 11) is 1.64. The van der Waals surface area contributed by atoms with Crippen LogP contribution in [0, 0.1) is 5.92 Å². The van der Waals surface area contributed by atoms with Crippen LogP contribution in [-0.4, -0.2) is 41.2 Å². The molecule has 1 unspecified atom stereocenters. The Hall–Kier alpha value is -1.75. The van der Waals surface area contributed by atoms with E-state index in [-0.39, 0.29) is 5.69 Å². The molecule has 1 aromatic heterocycles. The first-order chi connectivity index (χ1) is 10.2. The van der Waals surface area contributed by atoms with E-state index in [4.69, 9.17) is 4.74 Å². The number of fused-ring (bicyclic) bond motifs is 1. The van der Waals surface area contributed by atoms with Crippen LogP contribution >= 0.6 is 0 Å². The Kier molecular flexibility index (Phi) is 4.01. The number of hydrogen-bond acceptors (Lipinski definition) is 3. The lowest BCUT2D eigenvalue weighted by Gasteiger charge is -2.31. The van der Waals surface area contributed by atoms with E-state index in [9.17, 15) is 4.79 Å². The predicted molar refractivity (Wildman–Crippen MR) is 83.9 cm³/mol. The molecular weight excluding hydrogens is 266 g/mol. The Morgan fingerprint density at radius 1 is 1.43 bits per heavy atom. The maximum Gasteiger partial charge on any atom is 0.326 e. The van der Waals surface area contributed by atoms with Crippen molar-refractivity contribution >= 4 is 11.0 Å². The van der Waals surface area contributed by atoms with Crippen LogP contribution in [0.5, 0.6) is 5.75 Å². The topological polar surface area (TPSA) is 50.3 Å². The van der Waals surface area contributed by atoms with Crippen LogP contribution in [0.25, 0.3) is 11.0 Å². The lowest BCUT2D eigenvalue weighted by Crippen LogP contribution is -2.37. The van der Waals surface area contributed by atoms with Gasteiger partial charge in [0.25, 0.3) is 0 Å². The Bertz CT molecular complexity index is 674. The molecule has 0 aliphatic carbocycles. The van der Waals surface area contributed by atoms with Crippen LogP contribution in [0.4, 0.5) is 0 Å². The molecule has 21 heavy (non-hydrogen) atoms. The van der Waals surface area contributed by atoms with E-state index >= 15 is 0 Å². The Labute approximate surface area is 124 Å². The van der Waals surface area contributed by atoms with Crippen LogP contribution in [0.15, 0.2) is 23.0 Å². The number of likely N-dealkylation sites (tertiary alicyclic amines) is 1. The molecule has 0 radical (unpaired) electrons. The van der Waals surface area contributed by atoms with E-state index < -0.39 is 0 Å². The Morgan fingerprint density at radius 3 is 3.05 bits per heavy atom. The molecule has 1 aliphatic rings. The molecule has 1 saturated heterocycles. The molecule has 1 aromatic carbocycles. The molecule has 1 atom stereocenters. The fourth-order valence-corrected chi connectivity index (χ4v) is 3.30. The third-order valence-corrected chi connectivity index (χ3v) is 4.47. The average Bonchev–Trinajstić information content (AvgIpc) is 2.82. The van der Waals surface area contributed by atoms with Gasteiger partial charge in [-0.05, 0) is 44.0 Å². The third-order valence-electron chi connectivity index (χ3n) is 4.47. The smallest absolute Gasteiger partial charge is 0.326 e. The SMILES string of the molecule is CCN1CCCC(Cn2c(=O)[nH]c3cc(OC)ccc32)C1. The summed E-state index contributed by atoms with van der Waals surface area (Å²) in [4.78, 5) is 17.6. The van der Waals surface area contributed by atoms with Crippen LogP contribution < -0.4 is 10.4 Å². The number of aromatic nitrogens is 2. The molecule has 0 bridgehead atoms. The lowest BCUT2D eigenvalue weighted by atomic mass is 9.98. The number of imidazole rings is 1. The summed E-state index contributed by atoms with van der Waals surface area (Å²) in [5.74, 6) is 1.32. The van der Waals surface area contributed by atoms with Crippen molar-refractivity contribution in [2.24, 2.45) is 5.92 Å². The number of rotatable bonds is 4. The number of nitrogens with zero attached hydrogens (tertiary/aromatic N) is 2. The van der Waals surface area contributed by atoms with Gasteiger partial charge in [0.15, 0.2) is 0 Å². The first kappa shape index (κ1) is 14.2. The summed E-state index contributed by atoms with van der Waals surface area (Å²) < 4.78 is 7.09. The highest BCUT2D eigenvalue weighted by Gasteiger charge is 2.20. The van der Waals surface area contributed by atoms with E-state index in [1.165, 1.54) is 19.4 Å². The van der Waals surface area contributed by atoms with Gasteiger partial charge < -0.3 is 14.6 Å². The number of nitrogens with one attached hydrogen (secondary N) is 1. The summed E-state index contributed by atoms with van der Waals surface area (Å²) in [5.41, 5.74) is 1.80. The summed E-state index contributed by atoms with van der Waals surface area (Å²) in [5, 5.41) is 0. The summed E-state index contributed by atoms with van der Waals surface area (Å²) in [6.45, 7) is 6.36. The van der Waals surface area contributed by atoms with E-state index in [2.05, 4.69) is 16.8 Å². The number of methoxy groups -OCH3 is 1. The number of ether oxygens (including phenoxy) is 1. The normalized spacial score (nSPS) is 20.0. The van der Waals surface area contributed by atoms with Crippen LogP contribution in [0.3, 0.4) is 0 Å². The summed E-state index contributed by atoms with van der Waals surface area (Å²) in [6, 6.07) is 5.75. The van der Waals surface area contributed by atoms with Crippen molar-refractivity contribution in [3.63, 3.8) is 0 Å². The molecule has 5 heteroatoms. The van der Waals surface area contributed by atoms with E-state index in [1.807, 2.05) is 22.8 Å². The highest BCUT2D eigenvalue weighted by Crippen LogP contribution is 2.22. The first-order valence-electron chi connectivity index (χ1n) is 7.70. The van der Waals surface area contributed by atoms with Gasteiger partial charge in [0.1, 0.15) is 5.75 Å². The molecule has 0 saturated carbocycles. The van der Waals surface area contributed by atoms with Crippen molar-refractivity contribution in [1.29, 1.82) is 0 Å². The van der Waals surface area contributed by atoms with Crippen molar-refractivity contribution in [2.45, 2.75) is 26.3 Å². The average molecular weight is 289 g/mol. The van der Waals surface area contributed by atoms with Gasteiger partial charge in [-0.15, -0.1) is 0 Å². The maximum atomic E-state index is 12.2. The Morgan fingerprint density at radius 2 is 2.29 bits per heavy atom. The third kappa shape index (κ3) is 2.83. The van der Waals surface area contributed by atoms with Crippen LogP contribution in [0.1, 0.15) is 19.8 Å². The van der Waals surface area contributed by atoms with Crippen molar-refractivity contribution in [3.05, 3.63) is 28.7 Å². The number of hydrogen-bond donors (Lipinski definition) is 1. The molecule has 3 rings (SSSR count). The molecule has 2 heterocycles. The van der Waals surface area contributed by atoms with Crippen LogP contribution in [0.2, 0.25) is 0 Å². The van der Waals surface area contributed by atoms with E-state index in [1.54, 1.807) is 7.11 Å². The summed E-state index contributed by atoms with van der Waals surface area (Å²) >= 11 is 0. The largest absolute Gasteiger partial charge is 0.497 e. The molecule has 114 valence electrons. The number of benzene rings is 1. The summed E-state index contributed by atoms with van der Waals surface area (Å²) in [6.07, 6.45) is 2.43. The minimum absolute atomic E-state index is 0.0214. The van der Waals surface area contributed by atoms with Crippen LogP contribution in [-0.2, 0) is 6.54 Å². The van der Waals surface area contributed by atoms with Crippen molar-refractivity contribution in [2.75, 3.05) is 26.7 Å². The zero-order chi connectivity index (χ0) is 14.8. The molecule has 1 fully saturated rings. The van der Waals surface area contributed by atoms with E-state index in [0.717, 1.165) is 36.4 Å². The van der Waals surface area contributed by atoms with Gasteiger partial charge >= 0.3 is 5.69 Å². The highest BCUT2D eigenvalue weighted by atomic mass is 16.5. The zero-order valence-corrected chi connectivity index (χ0v) is 12.8. The van der Waals surface area contributed by atoms with Gasteiger partial charge in [0.05, 0.1) is 18.1 Å². The van der Waals surface area contributed by atoms with Crippen molar-refractivity contribution in [3.8, 4) is 5.75 Å². The second kappa shape index (κ2) is 5.93. The minimum atomic E-state index is -0.0214. The van der Waals surface area contributed by atoms with Gasteiger partial charge in [-0.2, -0.15) is 0 Å². The number of piperidine rings is 1. The highest BCUT2D eigenvalue weighted by molar-refractivity contribution is 5.76. The minimum Gasteiger partial charge on any atom is -0.497 e. The Balaban J connectivity index is 1.86. The second-order valence-electron chi connectivity index (χ2n) is 5.83. The molecule has 5 nitrogen and oxygen atoms in total. The molecular formula is C16H23N3O2. The second-order valence-corrected chi connectivity index (χ2v) is 5.83. The monoisotopic (exact) mass is 289 g/mol. The number of H-pyrrole nitrogens is 1. The molecule has 1 N–H and O–H groups in total. The standard InChI is InChI=1S/C16H23N3O2/c1-3-18-8-4-5-12(10-18)11-19-15-7-6-13(21-2)9-14(15)17-16(19)20/h6-7,9,12H,3-5,8,10-11H2,1-2H3,(H,17,20). The van der Waals surface area contributed by atoms with Gasteiger partial charge in [-0.25, -0.2) is 4.79 Å². The first-order valence-corrected chi connectivity index (χ1v) is 7.70. The quantitative estimate of drug-likeness (QED) is 0.937. The van der Waals surface area contributed by atoms with Crippen molar-refractivity contribution < 1.29 is 4.74 Å². The van der Waals surface area contributed by atoms with Gasteiger partial charge in [-0.3, -0.25) is 4.57 Å². The lowest BCUT2D eigenvalue weighted by molar-refractivity contribution is 0.170. The fraction of sp³-hybridized carbons (Fsp3) is 0.562. The zero-order valence-electron chi connectivity index (χ0n) is 12.8. The number of aromatic amines is 1. The van der Waals surface area contributed by atoms with Crippen molar-refractivity contribution in [1.82, 2.24) is 14.5 Å². The molecule has 0 spiro atoms. The maximum absolute atomic E-state index is 12.2.